The van der Waals surface area contributed by atoms with E-state index < -0.39 is 0 Å². The van der Waals surface area contributed by atoms with Crippen molar-refractivity contribution in [3.63, 3.8) is 0 Å². The fourth-order valence-electron chi connectivity index (χ4n) is 5.68. The van der Waals surface area contributed by atoms with Gasteiger partial charge in [-0.2, -0.15) is 0 Å². The normalized spacial score (nSPS) is 10.7. The number of rotatable bonds is 15. The molecule has 0 atom stereocenters. The van der Waals surface area contributed by atoms with E-state index in [4.69, 9.17) is 9.47 Å². The number of anilines is 6. The molecule has 0 unspecified atom stereocenters. The third-order valence-corrected chi connectivity index (χ3v) is 8.06. The second kappa shape index (κ2) is 16.2. The number of nitrogens with zero attached hydrogens (tertiary/aromatic N) is 2. The summed E-state index contributed by atoms with van der Waals surface area (Å²) in [7, 11) is 0. The van der Waals surface area contributed by atoms with Gasteiger partial charge in [0.05, 0.1) is 13.2 Å². The summed E-state index contributed by atoms with van der Waals surface area (Å²) in [6.45, 7) is 3.50. The Kier molecular flexibility index (Phi) is 10.9. The zero-order chi connectivity index (χ0) is 32.1. The Morgan fingerprint density at radius 1 is 0.362 bits per heavy atom. The SMILES string of the molecule is Cc1ccc(N(c2ccccc2)c2cccc(OCCCCCCOc3cccc(N(c4ccccc4)c4ccccc4)c3)c2)cc1. The monoisotopic (exact) mass is 618 g/mol. The van der Waals surface area contributed by atoms with Crippen molar-refractivity contribution in [1.82, 2.24) is 0 Å². The maximum Gasteiger partial charge on any atom is 0.121 e. The molecular formula is C43H42N2O2. The van der Waals surface area contributed by atoms with Gasteiger partial charge in [0.25, 0.3) is 0 Å². The average Bonchev–Trinajstić information content (AvgIpc) is 3.12. The number of para-hydroxylation sites is 3. The minimum absolute atomic E-state index is 0.691. The maximum absolute atomic E-state index is 6.21. The molecule has 6 rings (SSSR count). The highest BCUT2D eigenvalue weighted by molar-refractivity contribution is 5.78. The van der Waals surface area contributed by atoms with E-state index in [2.05, 4.69) is 150 Å². The van der Waals surface area contributed by atoms with Crippen LogP contribution in [0.2, 0.25) is 0 Å². The van der Waals surface area contributed by atoms with Crippen LogP contribution in [0, 0.1) is 6.92 Å². The highest BCUT2D eigenvalue weighted by Crippen LogP contribution is 2.37. The van der Waals surface area contributed by atoms with Crippen LogP contribution in [0.1, 0.15) is 31.2 Å². The van der Waals surface area contributed by atoms with Crippen molar-refractivity contribution >= 4 is 34.1 Å². The van der Waals surface area contributed by atoms with Crippen LogP contribution in [0.25, 0.3) is 0 Å². The summed E-state index contributed by atoms with van der Waals surface area (Å²) in [5.74, 6) is 1.77. The van der Waals surface area contributed by atoms with Gasteiger partial charge in [0.15, 0.2) is 0 Å². The highest BCUT2D eigenvalue weighted by Gasteiger charge is 2.14. The average molecular weight is 619 g/mol. The molecule has 0 heterocycles. The molecule has 0 aromatic heterocycles. The van der Waals surface area contributed by atoms with E-state index >= 15 is 0 Å². The molecule has 0 amide bonds. The van der Waals surface area contributed by atoms with Crippen molar-refractivity contribution in [3.8, 4) is 11.5 Å². The Labute approximate surface area is 279 Å². The molecule has 4 heteroatoms. The standard InChI is InChI=1S/C43H42N2O2/c1-35-27-29-39(30-28-35)45(38-21-11-6-12-22-38)41-24-16-26-43(34-41)47-32-14-3-2-13-31-46-42-25-15-23-40(33-42)44(36-17-7-4-8-18-36)37-19-9-5-10-20-37/h4-12,15-30,33-34H,2-3,13-14,31-32H2,1H3. The molecule has 4 nitrogen and oxygen atoms in total. The fraction of sp³-hybridized carbons (Fsp3) is 0.163. The molecule has 0 N–H and O–H groups in total. The lowest BCUT2D eigenvalue weighted by molar-refractivity contribution is 0.287. The first kappa shape index (κ1) is 31.5. The van der Waals surface area contributed by atoms with Gasteiger partial charge in [0.2, 0.25) is 0 Å². The Morgan fingerprint density at radius 3 is 1.13 bits per heavy atom. The van der Waals surface area contributed by atoms with Gasteiger partial charge in [0, 0.05) is 46.3 Å². The van der Waals surface area contributed by atoms with Crippen molar-refractivity contribution in [2.75, 3.05) is 23.0 Å². The molecule has 0 radical (unpaired) electrons. The van der Waals surface area contributed by atoms with E-state index in [1.807, 2.05) is 30.3 Å². The summed E-state index contributed by atoms with van der Waals surface area (Å²) < 4.78 is 12.4. The summed E-state index contributed by atoms with van der Waals surface area (Å²) >= 11 is 0. The van der Waals surface area contributed by atoms with E-state index in [-0.39, 0.29) is 0 Å². The van der Waals surface area contributed by atoms with Gasteiger partial charge in [-0.05, 0) is 105 Å². The molecule has 0 saturated heterocycles. The quantitative estimate of drug-likeness (QED) is 0.107. The van der Waals surface area contributed by atoms with Gasteiger partial charge in [-0.25, -0.2) is 0 Å². The molecule has 0 saturated carbocycles. The predicted molar refractivity (Wildman–Crippen MR) is 196 cm³/mol. The summed E-state index contributed by atoms with van der Waals surface area (Å²) in [5, 5.41) is 0. The van der Waals surface area contributed by atoms with Crippen molar-refractivity contribution in [1.29, 1.82) is 0 Å². The molecule has 0 aliphatic rings. The molecule has 0 aliphatic carbocycles. The first-order chi connectivity index (χ1) is 23.2. The van der Waals surface area contributed by atoms with E-state index in [9.17, 15) is 0 Å². The minimum Gasteiger partial charge on any atom is -0.494 e. The molecule has 6 aromatic carbocycles. The van der Waals surface area contributed by atoms with Crippen LogP contribution in [0.4, 0.5) is 34.1 Å². The van der Waals surface area contributed by atoms with Gasteiger partial charge >= 0.3 is 0 Å². The van der Waals surface area contributed by atoms with Crippen LogP contribution >= 0.6 is 0 Å². The summed E-state index contributed by atoms with van der Waals surface area (Å²) in [4.78, 5) is 4.52. The second-order valence-corrected chi connectivity index (χ2v) is 11.6. The second-order valence-electron chi connectivity index (χ2n) is 11.6. The van der Waals surface area contributed by atoms with Crippen LogP contribution in [0.3, 0.4) is 0 Å². The Balaban J connectivity index is 0.979. The molecule has 0 aliphatic heterocycles. The Morgan fingerprint density at radius 2 is 0.723 bits per heavy atom. The first-order valence-electron chi connectivity index (χ1n) is 16.5. The number of hydrogen-bond donors (Lipinski definition) is 0. The molecule has 0 spiro atoms. The lowest BCUT2D eigenvalue weighted by Gasteiger charge is -2.26. The van der Waals surface area contributed by atoms with Crippen LogP contribution in [-0.4, -0.2) is 13.2 Å². The van der Waals surface area contributed by atoms with Gasteiger partial charge in [-0.3, -0.25) is 0 Å². The zero-order valence-corrected chi connectivity index (χ0v) is 27.0. The van der Waals surface area contributed by atoms with Crippen LogP contribution in [0.5, 0.6) is 11.5 Å². The molecule has 0 fully saturated rings. The van der Waals surface area contributed by atoms with Gasteiger partial charge in [-0.1, -0.05) is 84.4 Å². The highest BCUT2D eigenvalue weighted by atomic mass is 16.5. The molecule has 6 aromatic rings. The van der Waals surface area contributed by atoms with Crippen molar-refractivity contribution in [3.05, 3.63) is 169 Å². The van der Waals surface area contributed by atoms with E-state index in [1.54, 1.807) is 0 Å². The summed E-state index contributed by atoms with van der Waals surface area (Å²) in [6, 6.07) is 56.7. The lowest BCUT2D eigenvalue weighted by Crippen LogP contribution is -2.10. The van der Waals surface area contributed by atoms with Gasteiger partial charge in [0.1, 0.15) is 11.5 Å². The van der Waals surface area contributed by atoms with Crippen molar-refractivity contribution < 1.29 is 9.47 Å². The van der Waals surface area contributed by atoms with Crippen molar-refractivity contribution in [2.24, 2.45) is 0 Å². The predicted octanol–water partition coefficient (Wildman–Crippen LogP) is 12.0. The molecular weight excluding hydrogens is 576 g/mol. The van der Waals surface area contributed by atoms with E-state index in [0.29, 0.717) is 13.2 Å². The van der Waals surface area contributed by atoms with Gasteiger partial charge in [-0.15, -0.1) is 0 Å². The number of unbranched alkanes of at least 4 members (excludes halogenated alkanes) is 3. The van der Waals surface area contributed by atoms with Crippen molar-refractivity contribution in [2.45, 2.75) is 32.6 Å². The molecule has 236 valence electrons. The maximum atomic E-state index is 6.21. The van der Waals surface area contributed by atoms with Crippen LogP contribution in [0.15, 0.2) is 164 Å². The molecule has 0 bridgehead atoms. The fourth-order valence-corrected chi connectivity index (χ4v) is 5.68. The van der Waals surface area contributed by atoms with E-state index in [0.717, 1.165) is 71.3 Å². The number of ether oxygens (including phenoxy) is 2. The topological polar surface area (TPSA) is 24.9 Å². The summed E-state index contributed by atoms with van der Waals surface area (Å²) in [5.41, 5.74) is 7.87. The first-order valence-corrected chi connectivity index (χ1v) is 16.5. The smallest absolute Gasteiger partial charge is 0.121 e. The number of aryl methyl sites for hydroxylation is 1. The largest absolute Gasteiger partial charge is 0.494 e. The van der Waals surface area contributed by atoms with Crippen LogP contribution < -0.4 is 19.3 Å². The molecule has 47 heavy (non-hydrogen) atoms. The van der Waals surface area contributed by atoms with E-state index in [1.165, 1.54) is 5.56 Å². The minimum atomic E-state index is 0.691. The Bertz CT molecular complexity index is 1750. The third kappa shape index (κ3) is 8.62. The number of hydrogen-bond acceptors (Lipinski definition) is 4. The lowest BCUT2D eigenvalue weighted by atomic mass is 10.1. The summed E-state index contributed by atoms with van der Waals surface area (Å²) in [6.07, 6.45) is 4.20. The van der Waals surface area contributed by atoms with Crippen LogP contribution in [-0.2, 0) is 0 Å². The zero-order valence-electron chi connectivity index (χ0n) is 27.0. The third-order valence-electron chi connectivity index (χ3n) is 8.06. The Hall–Kier alpha value is -5.48. The number of benzene rings is 6. The van der Waals surface area contributed by atoms with Gasteiger partial charge < -0.3 is 19.3 Å².